The first-order valence-electron chi connectivity index (χ1n) is 7.49. The minimum Gasteiger partial charge on any atom is -0.387 e. The van der Waals surface area contributed by atoms with Crippen molar-refractivity contribution in [1.82, 2.24) is 10.2 Å². The molecule has 2 rings (SSSR count). The fraction of sp³-hybridized carbons (Fsp3) is 0.929. The van der Waals surface area contributed by atoms with Gasteiger partial charge in [0, 0.05) is 38.4 Å². The molecule has 0 aliphatic carbocycles. The van der Waals surface area contributed by atoms with Crippen LogP contribution in [0.4, 0.5) is 0 Å². The van der Waals surface area contributed by atoms with Crippen molar-refractivity contribution in [3.8, 4) is 0 Å². The van der Waals surface area contributed by atoms with Crippen LogP contribution in [0.25, 0.3) is 0 Å². The number of rotatable bonds is 5. The number of methoxy groups -OCH3 is 1. The zero-order valence-corrected chi connectivity index (χ0v) is 13.4. The maximum Gasteiger partial charge on any atom is 0.194 e. The van der Waals surface area contributed by atoms with Crippen molar-refractivity contribution in [3.63, 3.8) is 0 Å². The van der Waals surface area contributed by atoms with Crippen LogP contribution in [0.2, 0.25) is 0 Å². The van der Waals surface area contributed by atoms with Crippen LogP contribution in [0, 0.1) is 5.92 Å². The Hall–Kier alpha value is -0.460. The SMILES string of the molecule is CCNC(=NCC1(O)CCSC1)N1CCC(COC)C1. The van der Waals surface area contributed by atoms with Gasteiger partial charge in [-0.15, -0.1) is 0 Å². The van der Waals surface area contributed by atoms with E-state index in [0.29, 0.717) is 12.5 Å². The molecule has 2 fully saturated rings. The summed E-state index contributed by atoms with van der Waals surface area (Å²) in [6.07, 6.45) is 2.01. The Morgan fingerprint density at radius 2 is 2.45 bits per heavy atom. The molecule has 20 heavy (non-hydrogen) atoms. The fourth-order valence-corrected chi connectivity index (χ4v) is 4.05. The second-order valence-corrected chi connectivity index (χ2v) is 6.86. The molecule has 0 aromatic rings. The molecule has 0 saturated carbocycles. The third-order valence-electron chi connectivity index (χ3n) is 3.93. The summed E-state index contributed by atoms with van der Waals surface area (Å²) in [6.45, 7) is 6.28. The lowest BCUT2D eigenvalue weighted by Gasteiger charge is -2.24. The Kier molecular flexibility index (Phi) is 5.99. The summed E-state index contributed by atoms with van der Waals surface area (Å²) in [7, 11) is 1.76. The monoisotopic (exact) mass is 301 g/mol. The molecule has 0 spiro atoms. The van der Waals surface area contributed by atoms with Crippen molar-refractivity contribution >= 4 is 17.7 Å². The fourth-order valence-electron chi connectivity index (χ4n) is 2.77. The lowest BCUT2D eigenvalue weighted by molar-refractivity contribution is 0.0776. The molecule has 0 bridgehead atoms. The van der Waals surface area contributed by atoms with Crippen LogP contribution in [-0.2, 0) is 4.74 Å². The molecule has 2 heterocycles. The first-order valence-corrected chi connectivity index (χ1v) is 8.64. The van der Waals surface area contributed by atoms with E-state index in [0.717, 1.165) is 56.5 Å². The third kappa shape index (κ3) is 4.27. The summed E-state index contributed by atoms with van der Waals surface area (Å²) in [5, 5.41) is 13.7. The van der Waals surface area contributed by atoms with Crippen LogP contribution < -0.4 is 5.32 Å². The molecule has 2 N–H and O–H groups in total. The molecule has 2 unspecified atom stereocenters. The van der Waals surface area contributed by atoms with Gasteiger partial charge in [-0.05, 0) is 25.5 Å². The number of ether oxygens (including phenoxy) is 1. The molecule has 116 valence electrons. The molecule has 0 aromatic carbocycles. The van der Waals surface area contributed by atoms with Crippen LogP contribution in [0.5, 0.6) is 0 Å². The first-order chi connectivity index (χ1) is 9.67. The summed E-state index contributed by atoms with van der Waals surface area (Å²) >= 11 is 1.82. The summed E-state index contributed by atoms with van der Waals surface area (Å²) in [5.41, 5.74) is -0.600. The molecule has 2 saturated heterocycles. The molecule has 5 nitrogen and oxygen atoms in total. The third-order valence-corrected chi connectivity index (χ3v) is 5.16. The van der Waals surface area contributed by atoms with Gasteiger partial charge in [-0.3, -0.25) is 4.99 Å². The largest absolute Gasteiger partial charge is 0.387 e. The van der Waals surface area contributed by atoms with Gasteiger partial charge in [0.1, 0.15) is 0 Å². The van der Waals surface area contributed by atoms with E-state index in [1.807, 2.05) is 11.8 Å². The van der Waals surface area contributed by atoms with Crippen LogP contribution in [-0.4, -0.2) is 73.0 Å². The van der Waals surface area contributed by atoms with E-state index in [2.05, 4.69) is 22.1 Å². The predicted octanol–water partition coefficient (Wildman–Crippen LogP) is 0.788. The lowest BCUT2D eigenvalue weighted by atomic mass is 10.1. The van der Waals surface area contributed by atoms with E-state index in [-0.39, 0.29) is 0 Å². The van der Waals surface area contributed by atoms with Crippen LogP contribution in [0.3, 0.4) is 0 Å². The smallest absolute Gasteiger partial charge is 0.194 e. The predicted molar refractivity (Wildman–Crippen MR) is 84.4 cm³/mol. The number of hydrogen-bond acceptors (Lipinski definition) is 4. The number of nitrogens with one attached hydrogen (secondary N) is 1. The number of thioether (sulfide) groups is 1. The van der Waals surface area contributed by atoms with Crippen molar-refractivity contribution in [2.24, 2.45) is 10.9 Å². The van der Waals surface area contributed by atoms with Crippen molar-refractivity contribution in [1.29, 1.82) is 0 Å². The molecule has 6 heteroatoms. The van der Waals surface area contributed by atoms with Gasteiger partial charge < -0.3 is 20.1 Å². The second-order valence-electron chi connectivity index (χ2n) is 5.75. The highest BCUT2D eigenvalue weighted by molar-refractivity contribution is 7.99. The van der Waals surface area contributed by atoms with Gasteiger partial charge in [0.05, 0.1) is 18.8 Å². The highest BCUT2D eigenvalue weighted by Crippen LogP contribution is 2.28. The van der Waals surface area contributed by atoms with Crippen LogP contribution in [0.15, 0.2) is 4.99 Å². The topological polar surface area (TPSA) is 57.1 Å². The Morgan fingerprint density at radius 1 is 1.60 bits per heavy atom. The van der Waals surface area contributed by atoms with E-state index < -0.39 is 5.60 Å². The molecule has 0 amide bonds. The zero-order valence-electron chi connectivity index (χ0n) is 12.6. The summed E-state index contributed by atoms with van der Waals surface area (Å²) in [6, 6.07) is 0. The number of aliphatic hydroxyl groups is 1. The van der Waals surface area contributed by atoms with E-state index >= 15 is 0 Å². The molecular formula is C14H27N3O2S. The Balaban J connectivity index is 1.92. The highest BCUT2D eigenvalue weighted by Gasteiger charge is 2.32. The quantitative estimate of drug-likeness (QED) is 0.581. The minimum atomic E-state index is -0.600. The van der Waals surface area contributed by atoms with Gasteiger partial charge in [0.25, 0.3) is 0 Å². The van der Waals surface area contributed by atoms with Crippen LogP contribution in [0.1, 0.15) is 19.8 Å². The van der Waals surface area contributed by atoms with E-state index in [4.69, 9.17) is 4.74 Å². The molecule has 0 aromatic heterocycles. The molecule has 2 atom stereocenters. The van der Waals surface area contributed by atoms with Crippen molar-refractivity contribution < 1.29 is 9.84 Å². The lowest BCUT2D eigenvalue weighted by Crippen LogP contribution is -2.42. The number of likely N-dealkylation sites (tertiary alicyclic amines) is 1. The number of hydrogen-bond donors (Lipinski definition) is 2. The summed E-state index contributed by atoms with van der Waals surface area (Å²) in [5.74, 6) is 3.38. The molecule has 0 radical (unpaired) electrons. The van der Waals surface area contributed by atoms with Crippen LogP contribution >= 0.6 is 11.8 Å². The number of guanidine groups is 1. The average Bonchev–Trinajstić information content (AvgIpc) is 3.05. The highest BCUT2D eigenvalue weighted by atomic mass is 32.2. The van der Waals surface area contributed by atoms with Crippen molar-refractivity contribution in [3.05, 3.63) is 0 Å². The Labute approximate surface area is 126 Å². The van der Waals surface area contributed by atoms with Gasteiger partial charge in [0.15, 0.2) is 5.96 Å². The van der Waals surface area contributed by atoms with Crippen molar-refractivity contribution in [2.75, 3.05) is 51.4 Å². The Bertz CT molecular complexity index is 332. The first kappa shape index (κ1) is 15.9. The average molecular weight is 301 g/mol. The number of aliphatic imine (C=N–C) groups is 1. The van der Waals surface area contributed by atoms with E-state index in [1.165, 1.54) is 0 Å². The van der Waals surface area contributed by atoms with Gasteiger partial charge in [-0.2, -0.15) is 11.8 Å². The van der Waals surface area contributed by atoms with Gasteiger partial charge in [-0.1, -0.05) is 0 Å². The maximum absolute atomic E-state index is 10.4. The normalized spacial score (nSPS) is 31.1. The Morgan fingerprint density at radius 3 is 3.10 bits per heavy atom. The van der Waals surface area contributed by atoms with E-state index in [1.54, 1.807) is 7.11 Å². The molecular weight excluding hydrogens is 274 g/mol. The van der Waals surface area contributed by atoms with Gasteiger partial charge >= 0.3 is 0 Å². The van der Waals surface area contributed by atoms with Crippen molar-refractivity contribution in [2.45, 2.75) is 25.4 Å². The van der Waals surface area contributed by atoms with Gasteiger partial charge in [0.2, 0.25) is 0 Å². The summed E-state index contributed by atoms with van der Waals surface area (Å²) < 4.78 is 5.24. The zero-order chi connectivity index (χ0) is 14.4. The second kappa shape index (κ2) is 7.52. The molecule has 2 aliphatic heterocycles. The number of nitrogens with zero attached hydrogens (tertiary/aromatic N) is 2. The standard InChI is InChI=1S/C14H27N3O2S/c1-3-15-13(16-10-14(18)5-7-20-11-14)17-6-4-12(8-17)9-19-2/h12,18H,3-11H2,1-2H3,(H,15,16). The van der Waals surface area contributed by atoms with E-state index in [9.17, 15) is 5.11 Å². The summed E-state index contributed by atoms with van der Waals surface area (Å²) in [4.78, 5) is 6.96. The molecule has 2 aliphatic rings. The minimum absolute atomic E-state index is 0.508. The van der Waals surface area contributed by atoms with Gasteiger partial charge in [-0.25, -0.2) is 0 Å². The maximum atomic E-state index is 10.4.